The number of nitrogens with zero attached hydrogens (tertiary/aromatic N) is 1. The van der Waals surface area contributed by atoms with Gasteiger partial charge in [0.15, 0.2) is 0 Å². The maximum atomic E-state index is 5.49. The van der Waals surface area contributed by atoms with Crippen LogP contribution >= 0.6 is 0 Å². The van der Waals surface area contributed by atoms with Crippen molar-refractivity contribution in [3.05, 3.63) is 59.4 Å². The number of rotatable bonds is 7. The molecule has 1 N–H and O–H groups in total. The van der Waals surface area contributed by atoms with Crippen LogP contribution in [0, 0.1) is 0 Å². The summed E-state index contributed by atoms with van der Waals surface area (Å²) < 4.78 is 5.49. The number of aromatic nitrogens is 1. The Morgan fingerprint density at radius 2 is 1.95 bits per heavy atom. The fourth-order valence-electron chi connectivity index (χ4n) is 2.49. The fraction of sp³-hybridized carbons (Fsp3) is 0.389. The van der Waals surface area contributed by atoms with Crippen molar-refractivity contribution in [2.24, 2.45) is 0 Å². The van der Waals surface area contributed by atoms with Crippen LogP contribution in [0.15, 0.2) is 42.6 Å². The minimum atomic E-state index is 0.214. The van der Waals surface area contributed by atoms with E-state index < -0.39 is 0 Å². The van der Waals surface area contributed by atoms with Gasteiger partial charge in [0.25, 0.3) is 0 Å². The van der Waals surface area contributed by atoms with Crippen LogP contribution in [-0.2, 0) is 12.8 Å². The van der Waals surface area contributed by atoms with Gasteiger partial charge in [-0.1, -0.05) is 38.1 Å². The Balaban J connectivity index is 2.21. The summed E-state index contributed by atoms with van der Waals surface area (Å²) in [5.41, 5.74) is 3.56. The van der Waals surface area contributed by atoms with Crippen LogP contribution in [0.3, 0.4) is 0 Å². The van der Waals surface area contributed by atoms with Gasteiger partial charge in [0, 0.05) is 29.9 Å². The second-order valence-electron chi connectivity index (χ2n) is 5.07. The Kier molecular flexibility index (Phi) is 5.76. The maximum Gasteiger partial charge on any atom is 0.123 e. The van der Waals surface area contributed by atoms with E-state index in [2.05, 4.69) is 48.4 Å². The average Bonchev–Trinajstić information content (AvgIpc) is 2.55. The quantitative estimate of drug-likeness (QED) is 0.844. The van der Waals surface area contributed by atoms with E-state index in [9.17, 15) is 0 Å². The molecule has 2 rings (SSSR count). The molecule has 0 spiro atoms. The van der Waals surface area contributed by atoms with Gasteiger partial charge in [-0.25, -0.2) is 0 Å². The molecule has 0 aliphatic carbocycles. The monoisotopic (exact) mass is 284 g/mol. The van der Waals surface area contributed by atoms with Crippen molar-refractivity contribution in [1.29, 1.82) is 0 Å². The number of ether oxygens (including phenoxy) is 1. The Morgan fingerprint density at radius 3 is 2.57 bits per heavy atom. The van der Waals surface area contributed by atoms with Gasteiger partial charge in [0.05, 0.1) is 7.11 Å². The maximum absolute atomic E-state index is 5.49. The van der Waals surface area contributed by atoms with Crippen molar-refractivity contribution >= 4 is 0 Å². The summed E-state index contributed by atoms with van der Waals surface area (Å²) in [5.74, 6) is 0.925. The molecule has 0 saturated carbocycles. The van der Waals surface area contributed by atoms with Gasteiger partial charge in [-0.15, -0.1) is 0 Å². The zero-order chi connectivity index (χ0) is 15.1. The summed E-state index contributed by atoms with van der Waals surface area (Å²) in [6.45, 7) is 5.18. The number of aryl methyl sites for hydroxylation is 1. The third-order valence-electron chi connectivity index (χ3n) is 3.67. The Labute approximate surface area is 127 Å². The van der Waals surface area contributed by atoms with Crippen molar-refractivity contribution in [3.63, 3.8) is 0 Å². The van der Waals surface area contributed by atoms with Crippen molar-refractivity contribution in [2.75, 3.05) is 13.7 Å². The number of nitrogens with one attached hydrogen (secondary N) is 1. The van der Waals surface area contributed by atoms with Gasteiger partial charge in [-0.05, 0) is 30.7 Å². The van der Waals surface area contributed by atoms with Crippen LogP contribution in [0.4, 0.5) is 0 Å². The van der Waals surface area contributed by atoms with Gasteiger partial charge in [0.2, 0.25) is 0 Å². The first kappa shape index (κ1) is 15.5. The highest BCUT2D eigenvalue weighted by Gasteiger charge is 2.16. The zero-order valence-corrected chi connectivity index (χ0v) is 13.1. The number of likely N-dealkylation sites (N-methyl/N-ethyl adjacent to an activating group) is 1. The topological polar surface area (TPSA) is 34.2 Å². The van der Waals surface area contributed by atoms with Crippen molar-refractivity contribution in [3.8, 4) is 5.75 Å². The Bertz CT molecular complexity index is 551. The smallest absolute Gasteiger partial charge is 0.123 e. The molecule has 0 fully saturated rings. The predicted molar refractivity (Wildman–Crippen MR) is 86.7 cm³/mol. The molecule has 1 aromatic heterocycles. The average molecular weight is 284 g/mol. The molecule has 0 amide bonds. The minimum Gasteiger partial charge on any atom is -0.496 e. The zero-order valence-electron chi connectivity index (χ0n) is 13.1. The Morgan fingerprint density at radius 1 is 1.14 bits per heavy atom. The largest absolute Gasteiger partial charge is 0.496 e. The van der Waals surface area contributed by atoms with Crippen molar-refractivity contribution in [2.45, 2.75) is 32.7 Å². The van der Waals surface area contributed by atoms with E-state index in [1.54, 1.807) is 7.11 Å². The predicted octanol–water partition coefficient (Wildman–Crippen LogP) is 3.55. The van der Waals surface area contributed by atoms with Gasteiger partial charge in [-0.2, -0.15) is 0 Å². The highest BCUT2D eigenvalue weighted by atomic mass is 16.5. The number of benzene rings is 1. The highest BCUT2D eigenvalue weighted by molar-refractivity contribution is 5.36. The number of pyridine rings is 1. The molecule has 1 atom stereocenters. The van der Waals surface area contributed by atoms with Crippen LogP contribution < -0.4 is 10.1 Å². The van der Waals surface area contributed by atoms with Crippen LogP contribution in [0.2, 0.25) is 0 Å². The molecular formula is C18H24N2O. The summed E-state index contributed by atoms with van der Waals surface area (Å²) in [4.78, 5) is 4.57. The van der Waals surface area contributed by atoms with Gasteiger partial charge in [0.1, 0.15) is 5.75 Å². The first-order chi connectivity index (χ1) is 10.3. The van der Waals surface area contributed by atoms with E-state index in [4.69, 9.17) is 4.74 Å². The summed E-state index contributed by atoms with van der Waals surface area (Å²) >= 11 is 0. The standard InChI is InChI=1S/C18H24N2O/c1-4-14-10-11-15(20-13-14)12-17(19-5-2)16-8-6-7-9-18(16)21-3/h6-11,13,17,19H,4-5,12H2,1-3H3. The number of methoxy groups -OCH3 is 1. The summed E-state index contributed by atoms with van der Waals surface area (Å²) in [6, 6.07) is 12.7. The van der Waals surface area contributed by atoms with Gasteiger partial charge >= 0.3 is 0 Å². The molecule has 1 aromatic carbocycles. The number of hydrogen-bond donors (Lipinski definition) is 1. The van der Waals surface area contributed by atoms with E-state index in [0.29, 0.717) is 0 Å². The van der Waals surface area contributed by atoms with Crippen LogP contribution in [0.25, 0.3) is 0 Å². The van der Waals surface area contributed by atoms with E-state index in [1.807, 2.05) is 18.3 Å². The molecule has 3 heteroatoms. The van der Waals surface area contributed by atoms with E-state index >= 15 is 0 Å². The lowest BCUT2D eigenvalue weighted by Crippen LogP contribution is -2.23. The number of para-hydroxylation sites is 1. The highest BCUT2D eigenvalue weighted by Crippen LogP contribution is 2.27. The second-order valence-corrected chi connectivity index (χ2v) is 5.07. The fourth-order valence-corrected chi connectivity index (χ4v) is 2.49. The third kappa shape index (κ3) is 4.05. The Hall–Kier alpha value is -1.87. The molecule has 0 saturated heterocycles. The second kappa shape index (κ2) is 7.79. The number of hydrogen-bond acceptors (Lipinski definition) is 3. The van der Waals surface area contributed by atoms with E-state index in [1.165, 1.54) is 11.1 Å². The molecule has 0 radical (unpaired) electrons. The van der Waals surface area contributed by atoms with E-state index in [0.717, 1.165) is 30.8 Å². The lowest BCUT2D eigenvalue weighted by molar-refractivity contribution is 0.399. The third-order valence-corrected chi connectivity index (χ3v) is 3.67. The SMILES string of the molecule is CCNC(Cc1ccc(CC)cn1)c1ccccc1OC. The van der Waals surface area contributed by atoms with Crippen LogP contribution in [0.5, 0.6) is 5.75 Å². The van der Waals surface area contributed by atoms with Crippen molar-refractivity contribution < 1.29 is 4.74 Å². The molecule has 0 aliphatic rings. The first-order valence-corrected chi connectivity index (χ1v) is 7.58. The van der Waals surface area contributed by atoms with Crippen LogP contribution in [0.1, 0.15) is 36.7 Å². The summed E-state index contributed by atoms with van der Waals surface area (Å²) in [6.07, 6.45) is 3.86. The molecular weight excluding hydrogens is 260 g/mol. The molecule has 21 heavy (non-hydrogen) atoms. The molecule has 2 aromatic rings. The molecule has 1 unspecified atom stereocenters. The lowest BCUT2D eigenvalue weighted by Gasteiger charge is -2.20. The van der Waals surface area contributed by atoms with Crippen LogP contribution in [-0.4, -0.2) is 18.6 Å². The summed E-state index contributed by atoms with van der Waals surface area (Å²) in [7, 11) is 1.72. The minimum absolute atomic E-state index is 0.214. The molecule has 3 nitrogen and oxygen atoms in total. The van der Waals surface area contributed by atoms with Crippen molar-refractivity contribution in [1.82, 2.24) is 10.3 Å². The van der Waals surface area contributed by atoms with E-state index in [-0.39, 0.29) is 6.04 Å². The van der Waals surface area contributed by atoms with Gasteiger partial charge < -0.3 is 10.1 Å². The molecule has 0 aliphatic heterocycles. The first-order valence-electron chi connectivity index (χ1n) is 7.58. The molecule has 1 heterocycles. The molecule has 112 valence electrons. The normalized spacial score (nSPS) is 12.1. The van der Waals surface area contributed by atoms with Gasteiger partial charge in [-0.3, -0.25) is 4.98 Å². The lowest BCUT2D eigenvalue weighted by atomic mass is 10.00. The molecule has 0 bridgehead atoms. The summed E-state index contributed by atoms with van der Waals surface area (Å²) in [5, 5.41) is 3.53.